The summed E-state index contributed by atoms with van der Waals surface area (Å²) in [5, 5.41) is -0.442. The Labute approximate surface area is 687 Å². The van der Waals surface area contributed by atoms with Gasteiger partial charge in [0.2, 0.25) is 12.4 Å². The Hall–Kier alpha value is -12.8. The zero-order valence-corrected chi connectivity index (χ0v) is 66.4. The fraction of sp³-hybridized carbons (Fsp3) is 0.258. The Bertz CT molecular complexity index is 5040. The third-order valence-electron chi connectivity index (χ3n) is 20.3. The van der Waals surface area contributed by atoms with Crippen molar-refractivity contribution in [2.75, 3.05) is 19.8 Å². The Morgan fingerprint density at radius 3 is 0.664 bits per heavy atom. The number of hydrogen-bond donors (Lipinski definition) is 0. The first-order valence-electron chi connectivity index (χ1n) is 38.5. The lowest BCUT2D eigenvalue weighted by Crippen LogP contribution is -2.66. The average molecular weight is 1630 g/mol. The highest BCUT2D eigenvalue weighted by Crippen LogP contribution is 2.41. The van der Waals surface area contributed by atoms with Gasteiger partial charge in [0.25, 0.3) is 0 Å². The minimum absolute atomic E-state index is 0.00385. The molecule has 0 radical (unpaired) electrons. The van der Waals surface area contributed by atoms with Crippen LogP contribution in [0.5, 0.6) is 5.75 Å². The second-order valence-corrected chi connectivity index (χ2v) is 34.2. The molecule has 15 atom stereocenters. The lowest BCUT2D eigenvalue weighted by atomic mass is 9.96. The van der Waals surface area contributed by atoms with E-state index in [1.165, 1.54) is 109 Å². The van der Waals surface area contributed by atoms with Crippen molar-refractivity contribution in [1.82, 2.24) is 0 Å². The van der Waals surface area contributed by atoms with Gasteiger partial charge < -0.3 is 75.5 Å². The summed E-state index contributed by atoms with van der Waals surface area (Å²) >= 11 is 0. The highest BCUT2D eigenvalue weighted by atomic mass is 28.4. The predicted octanol–water partition coefficient (Wildman–Crippen LogP) is 14.3. The van der Waals surface area contributed by atoms with E-state index in [-0.39, 0.29) is 62.4 Å². The SMILES string of the molecule is CC(C)(C)[Si](C)(C)OC[C@H]1O[C@H](OC[C@H]2O[C@H](OC[C@H]3O[C@H](Oc4ccccc4)[C@@H](OC(=O)c4ccccc4)[C@@H](OC(=O)c4ccccc4)[C@@H]3OC(=O)c3ccccc3)[C@@H](OC(=O)c3ccccc3)[C@@H](OC(=O)c3ccccc3)[C@@H]2OC(=O)c2ccccc2)[C@@H](OC(=O)c2ccccc2)[C@@H](OC(=O)c2ccccc2)[C@@H]1OC(=O)c1ccccc1. The Morgan fingerprint density at radius 1 is 0.252 bits per heavy atom. The van der Waals surface area contributed by atoms with Crippen molar-refractivity contribution in [2.24, 2.45) is 0 Å². The molecular weight excluding hydrogens is 1550 g/mol. The van der Waals surface area contributed by atoms with E-state index in [4.69, 9.17) is 75.5 Å². The van der Waals surface area contributed by atoms with Crippen molar-refractivity contribution in [3.05, 3.63) is 353 Å². The Morgan fingerprint density at radius 2 is 0.437 bits per heavy atom. The van der Waals surface area contributed by atoms with Gasteiger partial charge in [0.15, 0.2) is 69.7 Å². The highest BCUT2D eigenvalue weighted by molar-refractivity contribution is 6.74. The van der Waals surface area contributed by atoms with Crippen molar-refractivity contribution in [3.8, 4) is 5.75 Å². The molecule has 3 fully saturated rings. The van der Waals surface area contributed by atoms with Crippen LogP contribution in [-0.2, 0) is 70.7 Å². The number of rotatable bonds is 29. The van der Waals surface area contributed by atoms with E-state index >= 15 is 14.4 Å². The molecule has 25 nitrogen and oxygen atoms in total. The maximum atomic E-state index is 15.2. The predicted molar refractivity (Wildman–Crippen MR) is 429 cm³/mol. The van der Waals surface area contributed by atoms with Crippen LogP contribution in [0.25, 0.3) is 0 Å². The minimum atomic E-state index is -2.85. The van der Waals surface area contributed by atoms with Gasteiger partial charge in [0.05, 0.1) is 69.9 Å². The van der Waals surface area contributed by atoms with Gasteiger partial charge in [-0.2, -0.15) is 0 Å². The number of para-hydroxylation sites is 1. The smallest absolute Gasteiger partial charge is 0.338 e. The number of benzene rings is 10. The summed E-state index contributed by atoms with van der Waals surface area (Å²) in [6, 6.07) is 78.2. The maximum absolute atomic E-state index is 15.2. The zero-order valence-electron chi connectivity index (χ0n) is 65.4. The van der Waals surface area contributed by atoms with E-state index in [9.17, 15) is 28.8 Å². The van der Waals surface area contributed by atoms with E-state index in [1.807, 2.05) is 33.9 Å². The molecule has 10 aromatic carbocycles. The summed E-state index contributed by atoms with van der Waals surface area (Å²) < 4.78 is 107. The summed E-state index contributed by atoms with van der Waals surface area (Å²) in [6.07, 6.45) is -28.1. The number of esters is 9. The maximum Gasteiger partial charge on any atom is 0.338 e. The van der Waals surface area contributed by atoms with Gasteiger partial charge >= 0.3 is 53.7 Å². The molecule has 3 saturated heterocycles. The van der Waals surface area contributed by atoms with Crippen LogP contribution in [0.4, 0.5) is 0 Å². The molecule has 612 valence electrons. The van der Waals surface area contributed by atoms with Crippen LogP contribution in [0.2, 0.25) is 18.1 Å². The van der Waals surface area contributed by atoms with E-state index in [1.54, 1.807) is 194 Å². The third kappa shape index (κ3) is 21.5. The normalized spacial score (nSPS) is 22.8. The van der Waals surface area contributed by atoms with Gasteiger partial charge in [-0.15, -0.1) is 0 Å². The summed E-state index contributed by atoms with van der Waals surface area (Å²) in [5.74, 6) is -8.81. The quantitative estimate of drug-likeness (QED) is 0.0239. The molecular formula is C93H86O25Si. The summed E-state index contributed by atoms with van der Waals surface area (Å²) in [4.78, 5) is 134. The number of carbonyl (C=O) groups is 9. The van der Waals surface area contributed by atoms with Gasteiger partial charge in [0.1, 0.15) is 24.1 Å². The minimum Gasteiger partial charge on any atom is -0.461 e. The molecule has 0 amide bonds. The molecule has 10 aromatic rings. The van der Waals surface area contributed by atoms with E-state index in [0.717, 1.165) is 0 Å². The molecule has 0 bridgehead atoms. The second-order valence-electron chi connectivity index (χ2n) is 29.4. The van der Waals surface area contributed by atoms with Crippen LogP contribution in [0.15, 0.2) is 303 Å². The molecule has 0 aliphatic carbocycles. The third-order valence-corrected chi connectivity index (χ3v) is 24.8. The van der Waals surface area contributed by atoms with E-state index < -0.39 is 172 Å². The largest absolute Gasteiger partial charge is 0.461 e. The molecule has 3 aliphatic heterocycles. The lowest BCUT2D eigenvalue weighted by molar-refractivity contribution is -0.336. The van der Waals surface area contributed by atoms with Crippen molar-refractivity contribution in [2.45, 2.75) is 131 Å². The van der Waals surface area contributed by atoms with E-state index in [2.05, 4.69) is 0 Å². The van der Waals surface area contributed by atoms with E-state index in [0.29, 0.717) is 0 Å². The molecule has 26 heteroatoms. The molecule has 0 aromatic heterocycles. The molecule has 0 unspecified atom stereocenters. The first kappa shape index (κ1) is 84.1. The topological polar surface area (TPSA) is 301 Å². The zero-order chi connectivity index (χ0) is 83.4. The lowest BCUT2D eigenvalue weighted by Gasteiger charge is -2.47. The summed E-state index contributed by atoms with van der Waals surface area (Å²) in [7, 11) is -2.85. The molecule has 13 rings (SSSR count). The highest BCUT2D eigenvalue weighted by Gasteiger charge is 2.59. The average Bonchev–Trinajstić information content (AvgIpc) is 0.771. The van der Waals surface area contributed by atoms with Crippen LogP contribution in [0.3, 0.4) is 0 Å². The van der Waals surface area contributed by atoms with Gasteiger partial charge in [-0.25, -0.2) is 43.2 Å². The monoisotopic (exact) mass is 1630 g/mol. The van der Waals surface area contributed by atoms with Crippen LogP contribution in [0, 0.1) is 0 Å². The van der Waals surface area contributed by atoms with Crippen LogP contribution < -0.4 is 4.74 Å². The fourth-order valence-electron chi connectivity index (χ4n) is 13.0. The summed E-state index contributed by atoms with van der Waals surface area (Å²) in [6.45, 7) is 7.80. The molecule has 0 saturated carbocycles. The Balaban J connectivity index is 0.963. The van der Waals surface area contributed by atoms with Crippen molar-refractivity contribution >= 4 is 62.0 Å². The number of carbonyl (C=O) groups excluding carboxylic acids is 9. The van der Waals surface area contributed by atoms with Gasteiger partial charge in [-0.05, 0) is 139 Å². The standard InChI is InChI=1S/C93H86O25Si/c1-93(2,3)119(4,5)105-58-71-74(112-83(96)61-40-20-8-21-41-61)76(114-85(98)63-44-24-10-25-45-63)79(117-88(101)66-50-30-13-31-51-66)91(108-71)103-56-69-72(110-81(94)59-36-16-6-17-37-59)75(113-84(97)62-42-22-9-23-43-62)78(116-87(100)65-48-28-12-29-49-65)90(107-69)104-57-70-73(111-82(95)60-38-18-7-19-39-60)77(115-86(99)64-46-26-11-27-47-64)80(118-89(102)67-52-32-14-33-53-67)92(109-70)106-68-54-34-15-35-55-68/h6-55,69-80,90-92H,56-58H2,1-5H3/t69-,70-,71-,72-,73-,74-,75+,76+,77+,78+,79+,80+,90+,91+,92+/m1/s1. The number of hydrogen-bond acceptors (Lipinski definition) is 25. The van der Waals surface area contributed by atoms with Crippen molar-refractivity contribution in [3.63, 3.8) is 0 Å². The van der Waals surface area contributed by atoms with Crippen LogP contribution >= 0.6 is 0 Å². The second kappa shape index (κ2) is 39.4. The van der Waals surface area contributed by atoms with Crippen molar-refractivity contribution in [1.29, 1.82) is 0 Å². The summed E-state index contributed by atoms with van der Waals surface area (Å²) in [5.41, 5.74) is 0.0701. The first-order chi connectivity index (χ1) is 57.6. The molecule has 0 spiro atoms. The van der Waals surface area contributed by atoms with Crippen molar-refractivity contribution < 1.29 is 119 Å². The molecule has 3 aliphatic rings. The Kier molecular flexibility index (Phi) is 27.9. The van der Waals surface area contributed by atoms with Gasteiger partial charge in [0, 0.05) is 0 Å². The molecule has 3 heterocycles. The van der Waals surface area contributed by atoms with Gasteiger partial charge in [-0.1, -0.05) is 203 Å². The van der Waals surface area contributed by atoms with Crippen LogP contribution in [-0.4, -0.2) is 174 Å². The fourth-order valence-corrected chi connectivity index (χ4v) is 14.0. The van der Waals surface area contributed by atoms with Gasteiger partial charge in [-0.3, -0.25) is 0 Å². The number of ether oxygens (including phenoxy) is 15. The first-order valence-corrected chi connectivity index (χ1v) is 41.4. The molecule has 0 N–H and O–H groups in total. The van der Waals surface area contributed by atoms with Crippen LogP contribution in [0.1, 0.15) is 114 Å². The molecule has 119 heavy (non-hydrogen) atoms.